The minimum atomic E-state index is -0.161. The third-order valence-electron chi connectivity index (χ3n) is 3.02. The molecule has 0 saturated heterocycles. The van der Waals surface area contributed by atoms with Gasteiger partial charge in [0.15, 0.2) is 0 Å². The zero-order valence-corrected chi connectivity index (χ0v) is 11.0. The summed E-state index contributed by atoms with van der Waals surface area (Å²) in [6, 6.07) is 3.59. The number of nitrogens with zero attached hydrogens (tertiary/aromatic N) is 2. The minimum Gasteiger partial charge on any atom is -0.464 e. The van der Waals surface area contributed by atoms with Gasteiger partial charge < -0.3 is 9.73 Å². The van der Waals surface area contributed by atoms with Crippen molar-refractivity contribution in [2.75, 3.05) is 0 Å². The van der Waals surface area contributed by atoms with Crippen LogP contribution in [0.2, 0.25) is 0 Å². The van der Waals surface area contributed by atoms with Crippen LogP contribution in [0.1, 0.15) is 40.5 Å². The molecule has 1 atom stereocenters. The summed E-state index contributed by atoms with van der Waals surface area (Å²) >= 11 is 0. The molecule has 96 valence electrons. The fraction of sp³-hybridized carbons (Fsp3) is 0.385. The zero-order chi connectivity index (χ0) is 13.3. The Labute approximate surface area is 106 Å². The molecule has 0 aliphatic rings. The molecule has 2 aromatic heterocycles. The second kappa shape index (κ2) is 4.68. The molecule has 5 heteroatoms. The lowest BCUT2D eigenvalue weighted by Crippen LogP contribution is -2.26. The first-order valence-corrected chi connectivity index (χ1v) is 5.85. The van der Waals surface area contributed by atoms with E-state index in [1.165, 1.54) is 0 Å². The van der Waals surface area contributed by atoms with Crippen LogP contribution in [0, 0.1) is 13.8 Å². The number of aromatic nitrogens is 2. The Morgan fingerprint density at radius 1 is 1.44 bits per heavy atom. The Kier molecular flexibility index (Phi) is 3.23. The van der Waals surface area contributed by atoms with Crippen LogP contribution in [-0.2, 0) is 7.05 Å². The third kappa shape index (κ3) is 2.30. The molecule has 2 rings (SSSR count). The lowest BCUT2D eigenvalue weighted by molar-refractivity contribution is 0.0934. The smallest absolute Gasteiger partial charge is 0.255 e. The first-order chi connectivity index (χ1) is 8.49. The van der Waals surface area contributed by atoms with Gasteiger partial charge in [-0.3, -0.25) is 9.48 Å². The van der Waals surface area contributed by atoms with Crippen molar-refractivity contribution in [1.82, 2.24) is 15.1 Å². The Morgan fingerprint density at radius 3 is 2.67 bits per heavy atom. The highest BCUT2D eigenvalue weighted by Crippen LogP contribution is 2.16. The predicted octanol–water partition coefficient (Wildman–Crippen LogP) is 2.12. The van der Waals surface area contributed by atoms with E-state index in [1.807, 2.05) is 40.0 Å². The van der Waals surface area contributed by atoms with Crippen LogP contribution in [0.5, 0.6) is 0 Å². The second-order valence-electron chi connectivity index (χ2n) is 4.41. The molecule has 0 radical (unpaired) electrons. The van der Waals surface area contributed by atoms with E-state index < -0.39 is 0 Å². The molecule has 2 aromatic rings. The van der Waals surface area contributed by atoms with Crippen molar-refractivity contribution in [2.24, 2.45) is 7.05 Å². The van der Waals surface area contributed by atoms with E-state index in [0.717, 1.165) is 17.2 Å². The van der Waals surface area contributed by atoms with E-state index in [0.29, 0.717) is 5.56 Å². The van der Waals surface area contributed by atoms with Crippen LogP contribution < -0.4 is 5.32 Å². The summed E-state index contributed by atoms with van der Waals surface area (Å²) < 4.78 is 7.16. The number of hydrogen-bond donors (Lipinski definition) is 1. The van der Waals surface area contributed by atoms with Gasteiger partial charge in [0.25, 0.3) is 5.91 Å². The van der Waals surface area contributed by atoms with E-state index >= 15 is 0 Å². The van der Waals surface area contributed by atoms with Gasteiger partial charge >= 0.3 is 0 Å². The second-order valence-corrected chi connectivity index (χ2v) is 4.41. The van der Waals surface area contributed by atoms with Crippen LogP contribution in [0.3, 0.4) is 0 Å². The van der Waals surface area contributed by atoms with Crippen molar-refractivity contribution in [1.29, 1.82) is 0 Å². The van der Waals surface area contributed by atoms with E-state index in [4.69, 9.17) is 4.42 Å². The largest absolute Gasteiger partial charge is 0.464 e. The minimum absolute atomic E-state index is 0.137. The van der Waals surface area contributed by atoms with Crippen molar-refractivity contribution in [3.05, 3.63) is 41.1 Å². The number of carbonyl (C=O) groups is 1. The summed E-state index contributed by atoms with van der Waals surface area (Å²) in [5.41, 5.74) is 1.43. The number of furan rings is 1. The van der Waals surface area contributed by atoms with Gasteiger partial charge in [-0.05, 0) is 32.9 Å². The molecule has 0 aromatic carbocycles. The quantitative estimate of drug-likeness (QED) is 0.903. The maximum absolute atomic E-state index is 12.1. The number of rotatable bonds is 3. The Morgan fingerprint density at radius 2 is 2.17 bits per heavy atom. The van der Waals surface area contributed by atoms with Crippen LogP contribution in [0.4, 0.5) is 0 Å². The Bertz CT molecular complexity index is 569. The summed E-state index contributed by atoms with van der Waals surface area (Å²) in [5.74, 6) is 1.45. The van der Waals surface area contributed by atoms with Crippen molar-refractivity contribution < 1.29 is 9.21 Å². The number of aryl methyl sites for hydroxylation is 2. The molecule has 1 N–H and O–H groups in total. The Hall–Kier alpha value is -2.04. The van der Waals surface area contributed by atoms with Gasteiger partial charge in [-0.25, -0.2) is 0 Å². The van der Waals surface area contributed by atoms with Crippen molar-refractivity contribution in [2.45, 2.75) is 26.8 Å². The van der Waals surface area contributed by atoms with Crippen LogP contribution in [0.15, 0.2) is 22.7 Å². The summed E-state index contributed by atoms with van der Waals surface area (Å²) in [4.78, 5) is 12.1. The molecule has 0 aliphatic carbocycles. The first-order valence-electron chi connectivity index (χ1n) is 5.85. The summed E-state index contributed by atoms with van der Waals surface area (Å²) in [5, 5.41) is 6.95. The van der Waals surface area contributed by atoms with Crippen molar-refractivity contribution in [3.63, 3.8) is 0 Å². The van der Waals surface area contributed by atoms with Gasteiger partial charge in [0.2, 0.25) is 0 Å². The fourth-order valence-corrected chi connectivity index (χ4v) is 1.75. The van der Waals surface area contributed by atoms with E-state index in [2.05, 4.69) is 10.4 Å². The normalized spacial score (nSPS) is 12.4. The molecular weight excluding hydrogens is 230 g/mol. The molecule has 0 aliphatic heterocycles. The Balaban J connectivity index is 2.10. The zero-order valence-electron chi connectivity index (χ0n) is 11.0. The van der Waals surface area contributed by atoms with Gasteiger partial charge in [-0.15, -0.1) is 0 Å². The molecule has 0 spiro atoms. The van der Waals surface area contributed by atoms with Gasteiger partial charge in [0, 0.05) is 12.7 Å². The van der Waals surface area contributed by atoms with Crippen molar-refractivity contribution >= 4 is 5.91 Å². The van der Waals surface area contributed by atoms with E-state index in [-0.39, 0.29) is 11.9 Å². The molecule has 5 nitrogen and oxygen atoms in total. The standard InChI is InChI=1S/C13H17N3O2/c1-8-5-6-12(18-8)9(2)15-13(17)11-7-14-16(4)10(11)3/h5-7,9H,1-4H3,(H,15,17)/t9-/m0/s1. The summed E-state index contributed by atoms with van der Waals surface area (Å²) in [7, 11) is 1.81. The molecule has 1 amide bonds. The molecule has 0 fully saturated rings. The van der Waals surface area contributed by atoms with Gasteiger partial charge in [-0.1, -0.05) is 0 Å². The van der Waals surface area contributed by atoms with Crippen molar-refractivity contribution in [3.8, 4) is 0 Å². The molecule has 0 bridgehead atoms. The number of nitrogens with one attached hydrogen (secondary N) is 1. The molecule has 2 heterocycles. The van der Waals surface area contributed by atoms with Crippen LogP contribution in [-0.4, -0.2) is 15.7 Å². The predicted molar refractivity (Wildman–Crippen MR) is 67.3 cm³/mol. The summed E-state index contributed by atoms with van der Waals surface area (Å²) in [6.07, 6.45) is 1.57. The van der Waals surface area contributed by atoms with Gasteiger partial charge in [-0.2, -0.15) is 5.10 Å². The molecule has 0 unspecified atom stereocenters. The lowest BCUT2D eigenvalue weighted by atomic mass is 10.2. The highest BCUT2D eigenvalue weighted by atomic mass is 16.3. The molecular formula is C13H17N3O2. The number of carbonyl (C=O) groups excluding carboxylic acids is 1. The average Bonchev–Trinajstić information content (AvgIpc) is 2.87. The highest BCUT2D eigenvalue weighted by molar-refractivity contribution is 5.95. The SMILES string of the molecule is Cc1ccc([C@H](C)NC(=O)c2cnn(C)c2C)o1. The van der Waals surface area contributed by atoms with Gasteiger partial charge in [0.05, 0.1) is 17.8 Å². The van der Waals surface area contributed by atoms with Gasteiger partial charge in [0.1, 0.15) is 11.5 Å². The molecule has 0 saturated carbocycles. The first kappa shape index (κ1) is 12.4. The number of amides is 1. The summed E-state index contributed by atoms with van der Waals surface area (Å²) in [6.45, 7) is 5.63. The topological polar surface area (TPSA) is 60.1 Å². The lowest BCUT2D eigenvalue weighted by Gasteiger charge is -2.11. The average molecular weight is 247 g/mol. The number of hydrogen-bond acceptors (Lipinski definition) is 3. The maximum atomic E-state index is 12.1. The van der Waals surface area contributed by atoms with E-state index in [9.17, 15) is 4.79 Å². The van der Waals surface area contributed by atoms with Crippen LogP contribution in [0.25, 0.3) is 0 Å². The maximum Gasteiger partial charge on any atom is 0.255 e. The van der Waals surface area contributed by atoms with Crippen LogP contribution >= 0.6 is 0 Å². The fourth-order valence-electron chi connectivity index (χ4n) is 1.75. The molecule has 18 heavy (non-hydrogen) atoms. The monoisotopic (exact) mass is 247 g/mol. The third-order valence-corrected chi connectivity index (χ3v) is 3.02. The highest BCUT2D eigenvalue weighted by Gasteiger charge is 2.17. The van der Waals surface area contributed by atoms with E-state index in [1.54, 1.807) is 10.9 Å².